The zero-order valence-corrected chi connectivity index (χ0v) is 18.7. The van der Waals surface area contributed by atoms with Crippen molar-refractivity contribution in [3.05, 3.63) is 35.4 Å². The van der Waals surface area contributed by atoms with Crippen LogP contribution in [0.1, 0.15) is 30.9 Å². The molecule has 1 fully saturated rings. The number of hydrogen-bond acceptors (Lipinski definition) is 8. The van der Waals surface area contributed by atoms with Crippen LogP contribution in [0, 0.1) is 17.2 Å². The van der Waals surface area contributed by atoms with E-state index >= 15 is 0 Å². The van der Waals surface area contributed by atoms with Crippen LogP contribution in [0.4, 0.5) is 30.6 Å². The van der Waals surface area contributed by atoms with E-state index in [1.807, 2.05) is 6.07 Å². The first-order valence-corrected chi connectivity index (χ1v) is 10.5. The lowest BCUT2D eigenvalue weighted by atomic mass is 10.1. The van der Waals surface area contributed by atoms with Gasteiger partial charge in [-0.1, -0.05) is 6.07 Å². The summed E-state index contributed by atoms with van der Waals surface area (Å²) in [6.07, 6.45) is -3.92. The second-order valence-electron chi connectivity index (χ2n) is 7.78. The number of nitriles is 1. The van der Waals surface area contributed by atoms with Gasteiger partial charge in [-0.25, -0.2) is 0 Å². The number of nitrogens with zero attached hydrogens (tertiary/aromatic N) is 4. The molecular formula is C21H24F3N9O2. The molecule has 186 valence electrons. The monoisotopic (exact) mass is 491 g/mol. The molecule has 14 heteroatoms. The predicted octanol–water partition coefficient (Wildman–Crippen LogP) is 1.82. The zero-order valence-electron chi connectivity index (χ0n) is 18.7. The number of hydrogen-bond donors (Lipinski definition) is 5. The summed E-state index contributed by atoms with van der Waals surface area (Å²) in [6, 6.07) is 6.20. The van der Waals surface area contributed by atoms with Crippen molar-refractivity contribution in [3.63, 3.8) is 0 Å². The van der Waals surface area contributed by atoms with Gasteiger partial charge in [0.2, 0.25) is 17.7 Å². The molecule has 1 saturated carbocycles. The van der Waals surface area contributed by atoms with Gasteiger partial charge in [-0.05, 0) is 43.9 Å². The van der Waals surface area contributed by atoms with E-state index in [1.165, 1.54) is 12.1 Å². The Kier molecular flexibility index (Phi) is 7.18. The number of anilines is 3. The van der Waals surface area contributed by atoms with Crippen molar-refractivity contribution in [2.75, 3.05) is 29.5 Å². The fourth-order valence-corrected chi connectivity index (χ4v) is 3.63. The van der Waals surface area contributed by atoms with E-state index in [2.05, 4.69) is 25.6 Å². The molecule has 2 aromatic rings. The Bertz CT molecular complexity index is 1180. The number of ether oxygens (including phenoxy) is 1. The van der Waals surface area contributed by atoms with Crippen LogP contribution in [-0.2, 0) is 11.0 Å². The lowest BCUT2D eigenvalue weighted by Gasteiger charge is -2.21. The molecule has 1 amide bonds. The van der Waals surface area contributed by atoms with Crippen molar-refractivity contribution in [1.29, 1.82) is 5.26 Å². The lowest BCUT2D eigenvalue weighted by molar-refractivity contribution is -0.137. The summed E-state index contributed by atoms with van der Waals surface area (Å²) in [6.45, 7) is 2.11. The SMILES string of the molecule is CCOc1nc(N)nc(NC2(C(=O)Nc3cccc(C(F)(F)F)c3)C[C@H]2CCN=C(N)N)c1C#N. The van der Waals surface area contributed by atoms with Crippen LogP contribution in [0.25, 0.3) is 0 Å². The van der Waals surface area contributed by atoms with Crippen LogP contribution in [0.5, 0.6) is 5.88 Å². The van der Waals surface area contributed by atoms with Gasteiger partial charge >= 0.3 is 6.18 Å². The van der Waals surface area contributed by atoms with Crippen molar-refractivity contribution in [1.82, 2.24) is 9.97 Å². The molecule has 1 aliphatic carbocycles. The molecule has 8 N–H and O–H groups in total. The normalized spacial score (nSPS) is 18.8. The van der Waals surface area contributed by atoms with Gasteiger partial charge in [0.25, 0.3) is 0 Å². The highest BCUT2D eigenvalue weighted by Gasteiger charge is 2.60. The molecule has 0 bridgehead atoms. The van der Waals surface area contributed by atoms with Crippen molar-refractivity contribution >= 4 is 29.3 Å². The number of rotatable bonds is 9. The van der Waals surface area contributed by atoms with Crippen molar-refractivity contribution < 1.29 is 22.7 Å². The highest BCUT2D eigenvalue weighted by atomic mass is 19.4. The quantitative estimate of drug-likeness (QED) is 0.257. The predicted molar refractivity (Wildman–Crippen MR) is 122 cm³/mol. The van der Waals surface area contributed by atoms with Gasteiger partial charge in [-0.15, -0.1) is 0 Å². The fourth-order valence-electron chi connectivity index (χ4n) is 3.63. The number of nitrogens with one attached hydrogen (secondary N) is 2. The molecule has 3 rings (SSSR count). The summed E-state index contributed by atoms with van der Waals surface area (Å²) >= 11 is 0. The summed E-state index contributed by atoms with van der Waals surface area (Å²) in [7, 11) is 0. The van der Waals surface area contributed by atoms with Crippen LogP contribution >= 0.6 is 0 Å². The van der Waals surface area contributed by atoms with Gasteiger partial charge in [0.15, 0.2) is 17.3 Å². The molecule has 0 spiro atoms. The Labute approximate surface area is 198 Å². The van der Waals surface area contributed by atoms with Gasteiger partial charge in [0.05, 0.1) is 12.2 Å². The maximum atomic E-state index is 13.3. The van der Waals surface area contributed by atoms with E-state index in [0.717, 1.165) is 12.1 Å². The third-order valence-electron chi connectivity index (χ3n) is 5.36. The molecule has 0 saturated heterocycles. The van der Waals surface area contributed by atoms with Crippen molar-refractivity contribution in [2.24, 2.45) is 22.4 Å². The van der Waals surface area contributed by atoms with Crippen molar-refractivity contribution in [2.45, 2.75) is 31.5 Å². The Morgan fingerprint density at radius 1 is 1.37 bits per heavy atom. The second-order valence-corrected chi connectivity index (χ2v) is 7.78. The second kappa shape index (κ2) is 9.92. The molecule has 2 atom stereocenters. The Hall–Kier alpha value is -4.28. The number of carbonyl (C=O) groups is 1. The summed E-state index contributed by atoms with van der Waals surface area (Å²) < 4.78 is 44.7. The van der Waals surface area contributed by atoms with E-state index in [4.69, 9.17) is 21.9 Å². The minimum atomic E-state index is -4.57. The number of benzene rings is 1. The molecule has 11 nitrogen and oxygen atoms in total. The molecule has 1 unspecified atom stereocenters. The molecule has 1 heterocycles. The minimum absolute atomic E-state index is 0.0352. The van der Waals surface area contributed by atoms with Gasteiger partial charge in [0, 0.05) is 12.2 Å². The van der Waals surface area contributed by atoms with Gasteiger partial charge in [-0.2, -0.15) is 28.4 Å². The lowest BCUT2D eigenvalue weighted by Crippen LogP contribution is -2.40. The van der Waals surface area contributed by atoms with E-state index in [0.29, 0.717) is 6.42 Å². The summed E-state index contributed by atoms with van der Waals surface area (Å²) in [4.78, 5) is 25.2. The smallest absolute Gasteiger partial charge is 0.416 e. The first kappa shape index (κ1) is 25.3. The molecule has 1 aromatic carbocycles. The number of aromatic nitrogens is 2. The summed E-state index contributed by atoms with van der Waals surface area (Å²) in [5.74, 6) is -1.35. The van der Waals surface area contributed by atoms with Gasteiger partial charge in [-0.3, -0.25) is 9.79 Å². The largest absolute Gasteiger partial charge is 0.477 e. The number of carbonyl (C=O) groups excluding carboxylic acids is 1. The average molecular weight is 491 g/mol. The van der Waals surface area contributed by atoms with Crippen LogP contribution < -0.4 is 32.6 Å². The van der Waals surface area contributed by atoms with Gasteiger partial charge < -0.3 is 32.6 Å². The molecule has 35 heavy (non-hydrogen) atoms. The van der Waals surface area contributed by atoms with Gasteiger partial charge in [0.1, 0.15) is 11.6 Å². The number of nitrogens with two attached hydrogens (primary N) is 3. The van der Waals surface area contributed by atoms with E-state index in [1.54, 1.807) is 6.92 Å². The van der Waals surface area contributed by atoms with E-state index < -0.39 is 23.2 Å². The number of alkyl halides is 3. The molecule has 0 radical (unpaired) electrons. The first-order valence-electron chi connectivity index (χ1n) is 10.5. The average Bonchev–Trinajstić information content (AvgIpc) is 3.47. The molecular weight excluding hydrogens is 467 g/mol. The number of halogens is 3. The summed E-state index contributed by atoms with van der Waals surface area (Å²) in [5, 5.41) is 15.1. The standard InChI is InChI=1S/C21H24F3N9O2/c1-2-35-16-14(10-25)15(31-19(28)32-16)33-20(9-12(20)6-7-29-18(26)27)17(34)30-13-5-3-4-11(8-13)21(22,23)24/h3-5,8,12H,2,6-7,9H2,1H3,(H,30,34)(H4,26,27,29)(H3,28,31,32,33)/t12-,20?/m1/s1. The van der Waals surface area contributed by atoms with Crippen LogP contribution in [0.15, 0.2) is 29.3 Å². The zero-order chi connectivity index (χ0) is 25.8. The highest BCUT2D eigenvalue weighted by Crippen LogP contribution is 2.49. The Morgan fingerprint density at radius 3 is 2.74 bits per heavy atom. The third kappa shape index (κ3) is 5.81. The maximum absolute atomic E-state index is 13.3. The van der Waals surface area contributed by atoms with Crippen LogP contribution in [-0.4, -0.2) is 40.5 Å². The molecule has 1 aromatic heterocycles. The van der Waals surface area contributed by atoms with E-state index in [9.17, 15) is 23.2 Å². The maximum Gasteiger partial charge on any atom is 0.416 e. The fraction of sp³-hybridized carbons (Fsp3) is 0.381. The number of aliphatic imine (C=N–C) groups is 1. The highest BCUT2D eigenvalue weighted by molar-refractivity contribution is 6.03. The van der Waals surface area contributed by atoms with Crippen molar-refractivity contribution in [3.8, 4) is 11.9 Å². The summed E-state index contributed by atoms with van der Waals surface area (Å²) in [5.41, 5.74) is 14.1. The minimum Gasteiger partial charge on any atom is -0.477 e. The number of nitrogen functional groups attached to an aromatic ring is 1. The number of guanidine groups is 1. The van der Waals surface area contributed by atoms with Crippen LogP contribution in [0.3, 0.4) is 0 Å². The Balaban J connectivity index is 1.93. The first-order chi connectivity index (χ1) is 16.5. The molecule has 0 aliphatic heterocycles. The van der Waals surface area contributed by atoms with Crippen LogP contribution in [0.2, 0.25) is 0 Å². The third-order valence-corrected chi connectivity index (χ3v) is 5.36. The van der Waals surface area contributed by atoms with E-state index in [-0.39, 0.29) is 60.3 Å². The Morgan fingerprint density at radius 2 is 2.11 bits per heavy atom. The number of amides is 1. The topological polar surface area (TPSA) is 190 Å². The molecule has 1 aliphatic rings.